The minimum atomic E-state index is -4.56. The number of hydrogen-bond donors (Lipinski definition) is 1. The number of alkyl halides is 3. The summed E-state index contributed by atoms with van der Waals surface area (Å²) in [5, 5.41) is 9.34. The average molecular weight is 363 g/mol. The van der Waals surface area contributed by atoms with Crippen molar-refractivity contribution in [3.63, 3.8) is 0 Å². The molecule has 2 aliphatic rings. The van der Waals surface area contributed by atoms with Crippen molar-refractivity contribution in [2.24, 2.45) is 5.92 Å². The topological polar surface area (TPSA) is 74.7 Å². The molecule has 5 nitrogen and oxygen atoms in total. The summed E-state index contributed by atoms with van der Waals surface area (Å²) in [4.78, 5) is 11.1. The van der Waals surface area contributed by atoms with Gasteiger partial charge in [0, 0.05) is 6.04 Å². The van der Waals surface area contributed by atoms with Gasteiger partial charge in [0.1, 0.15) is 6.04 Å². The monoisotopic (exact) mass is 363 g/mol. The van der Waals surface area contributed by atoms with Crippen molar-refractivity contribution < 1.29 is 31.5 Å². The van der Waals surface area contributed by atoms with Crippen molar-refractivity contribution in [2.45, 2.75) is 48.8 Å². The quantitative estimate of drug-likeness (QED) is 0.896. The van der Waals surface area contributed by atoms with Gasteiger partial charge in [0.15, 0.2) is 0 Å². The summed E-state index contributed by atoms with van der Waals surface area (Å²) in [7, 11) is -4.16. The predicted octanol–water partition coefficient (Wildman–Crippen LogP) is 2.72. The van der Waals surface area contributed by atoms with Gasteiger partial charge in [0.2, 0.25) is 10.0 Å². The number of hydrogen-bond acceptors (Lipinski definition) is 3. The van der Waals surface area contributed by atoms with Crippen molar-refractivity contribution in [1.82, 2.24) is 4.31 Å². The first kappa shape index (κ1) is 17.2. The largest absolute Gasteiger partial charge is 0.480 e. The van der Waals surface area contributed by atoms with Crippen molar-refractivity contribution in [1.29, 1.82) is 0 Å². The highest BCUT2D eigenvalue weighted by atomic mass is 32.2. The number of carboxylic acid groups (broad SMARTS) is 1. The molecule has 1 heterocycles. The van der Waals surface area contributed by atoms with Gasteiger partial charge in [-0.1, -0.05) is 6.42 Å². The summed E-state index contributed by atoms with van der Waals surface area (Å²) < 4.78 is 64.5. The number of rotatable bonds is 3. The Labute approximate surface area is 137 Å². The summed E-state index contributed by atoms with van der Waals surface area (Å²) in [5.41, 5.74) is -0.948. The fourth-order valence-electron chi connectivity index (χ4n) is 3.74. The molecule has 3 atom stereocenters. The highest BCUT2D eigenvalue weighted by Crippen LogP contribution is 2.44. The van der Waals surface area contributed by atoms with E-state index in [1.54, 1.807) is 0 Å². The molecule has 1 aliphatic carbocycles. The zero-order valence-electron chi connectivity index (χ0n) is 12.5. The van der Waals surface area contributed by atoms with Crippen LogP contribution in [0.2, 0.25) is 0 Å². The maximum Gasteiger partial charge on any atom is 0.416 e. The minimum Gasteiger partial charge on any atom is -0.480 e. The summed E-state index contributed by atoms with van der Waals surface area (Å²) >= 11 is 0. The normalized spacial score (nSPS) is 28.0. The van der Waals surface area contributed by atoms with E-state index in [1.807, 2.05) is 0 Å². The Bertz CT molecular complexity index is 745. The Morgan fingerprint density at radius 3 is 2.33 bits per heavy atom. The molecule has 3 rings (SSSR count). The molecule has 9 heteroatoms. The number of nitrogens with zero attached hydrogens (tertiary/aromatic N) is 1. The average Bonchev–Trinajstić information content (AvgIpc) is 3.06. The molecule has 24 heavy (non-hydrogen) atoms. The third kappa shape index (κ3) is 2.79. The number of sulfonamides is 1. The van der Waals surface area contributed by atoms with Gasteiger partial charge in [-0.05, 0) is 49.4 Å². The molecule has 1 N–H and O–H groups in total. The lowest BCUT2D eigenvalue weighted by molar-refractivity contribution is -0.141. The van der Waals surface area contributed by atoms with Gasteiger partial charge in [-0.2, -0.15) is 17.5 Å². The van der Waals surface area contributed by atoms with Crippen molar-refractivity contribution in [2.75, 3.05) is 0 Å². The number of carboxylic acids is 1. The number of halogens is 3. The second-order valence-corrected chi connectivity index (χ2v) is 8.05. The zero-order chi connectivity index (χ0) is 17.7. The number of carbonyl (C=O) groups is 1. The smallest absolute Gasteiger partial charge is 0.416 e. The van der Waals surface area contributed by atoms with Crippen LogP contribution in [0.15, 0.2) is 29.2 Å². The molecule has 0 spiro atoms. The van der Waals surface area contributed by atoms with Crippen molar-refractivity contribution in [3.05, 3.63) is 29.8 Å². The van der Waals surface area contributed by atoms with E-state index in [-0.39, 0.29) is 17.2 Å². The maximum absolute atomic E-state index is 12.8. The molecule has 0 amide bonds. The molecule has 1 saturated carbocycles. The van der Waals surface area contributed by atoms with Gasteiger partial charge in [0.25, 0.3) is 0 Å². The molecule has 2 fully saturated rings. The predicted molar refractivity (Wildman–Crippen MR) is 77.6 cm³/mol. The summed E-state index contributed by atoms with van der Waals surface area (Å²) in [6.45, 7) is 0. The summed E-state index contributed by atoms with van der Waals surface area (Å²) in [5.74, 6) is -1.23. The summed E-state index contributed by atoms with van der Waals surface area (Å²) in [6.07, 6.45) is -2.14. The Kier molecular flexibility index (Phi) is 4.11. The van der Waals surface area contributed by atoms with Crippen LogP contribution in [0.5, 0.6) is 0 Å². The number of aliphatic carboxylic acids is 1. The molecular weight excluding hydrogens is 347 g/mol. The zero-order valence-corrected chi connectivity index (χ0v) is 13.3. The Balaban J connectivity index is 1.98. The number of fused-ring (bicyclic) bond motifs is 1. The third-order valence-electron chi connectivity index (χ3n) is 4.82. The first-order valence-electron chi connectivity index (χ1n) is 7.56. The van der Waals surface area contributed by atoms with Gasteiger partial charge < -0.3 is 5.11 Å². The van der Waals surface area contributed by atoms with Crippen LogP contribution in [0.4, 0.5) is 13.2 Å². The Morgan fingerprint density at radius 2 is 1.79 bits per heavy atom. The molecule has 1 aromatic rings. The van der Waals surface area contributed by atoms with Crippen LogP contribution in [0.3, 0.4) is 0 Å². The van der Waals surface area contributed by atoms with Crippen molar-refractivity contribution >= 4 is 16.0 Å². The lowest BCUT2D eigenvalue weighted by Gasteiger charge is -2.26. The van der Waals surface area contributed by atoms with Crippen LogP contribution < -0.4 is 0 Å². The first-order valence-corrected chi connectivity index (χ1v) is 9.00. The van der Waals surface area contributed by atoms with Gasteiger partial charge in [-0.15, -0.1) is 0 Å². The Hall–Kier alpha value is -1.61. The first-order chi connectivity index (χ1) is 11.1. The van der Waals surface area contributed by atoms with Gasteiger partial charge in [0.05, 0.1) is 10.5 Å². The molecule has 1 saturated heterocycles. The second-order valence-electron chi connectivity index (χ2n) is 6.21. The number of benzene rings is 1. The van der Waals surface area contributed by atoms with E-state index in [4.69, 9.17) is 0 Å². The standard InChI is InChI=1S/C15H16F3NO4S/c16-15(17,18)10-4-6-11(7-5-10)24(22,23)19-12-3-1-2-9(12)8-13(19)14(20)21/h4-7,9,12-13H,1-3,8H2,(H,20,21)/t9-,12-,13-/m1/s1. The highest BCUT2D eigenvalue weighted by Gasteiger charge is 2.52. The highest BCUT2D eigenvalue weighted by molar-refractivity contribution is 7.89. The molecule has 132 valence electrons. The lowest BCUT2D eigenvalue weighted by atomic mass is 10.0. The molecular formula is C15H16F3NO4S. The van der Waals surface area contributed by atoms with E-state index in [1.165, 1.54) is 0 Å². The van der Waals surface area contributed by atoms with Crippen LogP contribution in [-0.4, -0.2) is 35.9 Å². The van der Waals surface area contributed by atoms with E-state index in [0.29, 0.717) is 18.6 Å². The van der Waals surface area contributed by atoms with Crippen LogP contribution >= 0.6 is 0 Å². The van der Waals surface area contributed by atoms with Crippen LogP contribution in [-0.2, 0) is 21.0 Å². The van der Waals surface area contributed by atoms with Crippen LogP contribution in [0.25, 0.3) is 0 Å². The van der Waals surface area contributed by atoms with E-state index in [2.05, 4.69) is 0 Å². The lowest BCUT2D eigenvalue weighted by Crippen LogP contribution is -2.44. The molecule has 0 aromatic heterocycles. The summed E-state index contributed by atoms with van der Waals surface area (Å²) in [6, 6.07) is 1.62. The molecule has 0 radical (unpaired) electrons. The fourth-order valence-corrected chi connectivity index (χ4v) is 5.61. The van der Waals surface area contributed by atoms with E-state index >= 15 is 0 Å². The van der Waals surface area contributed by atoms with E-state index in [0.717, 1.165) is 29.3 Å². The van der Waals surface area contributed by atoms with Gasteiger partial charge in [-0.3, -0.25) is 4.79 Å². The van der Waals surface area contributed by atoms with Crippen LogP contribution in [0.1, 0.15) is 31.2 Å². The molecule has 1 aliphatic heterocycles. The third-order valence-corrected chi connectivity index (χ3v) is 6.77. The fraction of sp³-hybridized carbons (Fsp3) is 0.533. The maximum atomic E-state index is 12.8. The van der Waals surface area contributed by atoms with Crippen LogP contribution in [0, 0.1) is 5.92 Å². The van der Waals surface area contributed by atoms with Gasteiger partial charge >= 0.3 is 12.1 Å². The SMILES string of the molecule is O=C(O)[C@H]1C[C@H]2CCC[C@H]2N1S(=O)(=O)c1ccc(C(F)(F)F)cc1. The second kappa shape index (κ2) is 5.73. The van der Waals surface area contributed by atoms with Gasteiger partial charge in [-0.25, -0.2) is 8.42 Å². The van der Waals surface area contributed by atoms with E-state index in [9.17, 15) is 31.5 Å². The van der Waals surface area contributed by atoms with E-state index < -0.39 is 39.8 Å². The minimum absolute atomic E-state index is 0.00433. The molecule has 0 bridgehead atoms. The molecule has 0 unspecified atom stereocenters. The molecule has 1 aromatic carbocycles. The van der Waals surface area contributed by atoms with Crippen molar-refractivity contribution in [3.8, 4) is 0 Å². The Morgan fingerprint density at radius 1 is 1.17 bits per heavy atom.